The van der Waals surface area contributed by atoms with Crippen LogP contribution in [0.4, 0.5) is 5.69 Å². The first-order valence-corrected chi connectivity index (χ1v) is 7.43. The number of carbonyl (C=O) groups excluding carboxylic acids is 1. The first-order chi connectivity index (χ1) is 8.99. The number of benzene rings is 1. The zero-order valence-electron chi connectivity index (χ0n) is 9.71. The third-order valence-electron chi connectivity index (χ3n) is 1.86. The fraction of sp³-hybridized carbons (Fsp3) is 0.182. The highest BCUT2D eigenvalue weighted by atomic mass is 79.9. The van der Waals surface area contributed by atoms with Crippen molar-refractivity contribution in [3.63, 3.8) is 0 Å². The standard InChI is InChI=1S/C11H8Br3N3O2/c1-2-19-11(18)9(5-15)16-17-10-7(13)3-6(12)4-8(10)14/h3-4,17H,2H2,1H3/b16-9-. The van der Waals surface area contributed by atoms with Crippen molar-refractivity contribution in [3.05, 3.63) is 25.6 Å². The van der Waals surface area contributed by atoms with Crippen LogP contribution in [-0.2, 0) is 9.53 Å². The molecule has 5 nitrogen and oxygen atoms in total. The van der Waals surface area contributed by atoms with Gasteiger partial charge in [-0.3, -0.25) is 5.43 Å². The van der Waals surface area contributed by atoms with E-state index < -0.39 is 5.97 Å². The van der Waals surface area contributed by atoms with Gasteiger partial charge in [0.05, 0.1) is 12.3 Å². The lowest BCUT2D eigenvalue weighted by Crippen LogP contribution is -2.17. The molecule has 0 unspecified atom stereocenters. The molecule has 0 heterocycles. The summed E-state index contributed by atoms with van der Waals surface area (Å²) in [5.74, 6) is -0.762. The Morgan fingerprint density at radius 1 is 1.42 bits per heavy atom. The molecule has 0 saturated carbocycles. The summed E-state index contributed by atoms with van der Waals surface area (Å²) in [4.78, 5) is 11.4. The van der Waals surface area contributed by atoms with E-state index in [0.717, 1.165) is 13.4 Å². The Morgan fingerprint density at radius 3 is 2.47 bits per heavy atom. The van der Waals surface area contributed by atoms with Crippen LogP contribution < -0.4 is 5.43 Å². The van der Waals surface area contributed by atoms with Crippen LogP contribution in [0.25, 0.3) is 0 Å². The second-order valence-electron chi connectivity index (χ2n) is 3.15. The highest BCUT2D eigenvalue weighted by Gasteiger charge is 2.13. The predicted molar refractivity (Wildman–Crippen MR) is 82.8 cm³/mol. The van der Waals surface area contributed by atoms with Crippen LogP contribution in [-0.4, -0.2) is 18.3 Å². The minimum atomic E-state index is -0.762. The van der Waals surface area contributed by atoms with Gasteiger partial charge in [0.15, 0.2) is 0 Å². The van der Waals surface area contributed by atoms with E-state index in [1.54, 1.807) is 25.1 Å². The van der Waals surface area contributed by atoms with Crippen molar-refractivity contribution in [1.82, 2.24) is 0 Å². The van der Waals surface area contributed by atoms with E-state index in [4.69, 9.17) is 10.00 Å². The van der Waals surface area contributed by atoms with E-state index in [0.29, 0.717) is 5.69 Å². The first kappa shape index (κ1) is 16.1. The molecule has 0 atom stereocenters. The van der Waals surface area contributed by atoms with Crippen molar-refractivity contribution in [2.24, 2.45) is 5.10 Å². The number of hydrogen-bond donors (Lipinski definition) is 1. The summed E-state index contributed by atoms with van der Waals surface area (Å²) in [5.41, 5.74) is 2.90. The average molecular weight is 454 g/mol. The van der Waals surface area contributed by atoms with E-state index in [9.17, 15) is 4.79 Å². The smallest absolute Gasteiger partial charge is 0.369 e. The minimum absolute atomic E-state index is 0.186. The maximum atomic E-state index is 11.4. The molecule has 0 aliphatic rings. The summed E-state index contributed by atoms with van der Waals surface area (Å²) < 4.78 is 7.01. The topological polar surface area (TPSA) is 74.5 Å². The van der Waals surface area contributed by atoms with E-state index in [1.165, 1.54) is 0 Å². The Morgan fingerprint density at radius 2 is 2.00 bits per heavy atom. The third kappa shape index (κ3) is 4.60. The van der Waals surface area contributed by atoms with Crippen molar-refractivity contribution >= 4 is 65.2 Å². The fourth-order valence-electron chi connectivity index (χ4n) is 1.08. The molecule has 1 aromatic rings. The number of nitrogens with zero attached hydrogens (tertiary/aromatic N) is 2. The molecule has 0 aliphatic heterocycles. The maximum Gasteiger partial charge on any atom is 0.369 e. The lowest BCUT2D eigenvalue weighted by molar-refractivity contribution is -0.134. The van der Waals surface area contributed by atoms with Gasteiger partial charge < -0.3 is 4.74 Å². The second kappa shape index (κ2) is 7.62. The zero-order valence-corrected chi connectivity index (χ0v) is 14.5. The summed E-state index contributed by atoms with van der Waals surface area (Å²) in [6.07, 6.45) is 0. The number of anilines is 1. The van der Waals surface area contributed by atoms with Gasteiger partial charge in [-0.1, -0.05) is 15.9 Å². The molecular weight excluding hydrogens is 446 g/mol. The number of carbonyl (C=O) groups is 1. The van der Waals surface area contributed by atoms with Gasteiger partial charge in [-0.2, -0.15) is 10.4 Å². The number of hydrazone groups is 1. The van der Waals surface area contributed by atoms with Gasteiger partial charge in [0.2, 0.25) is 5.71 Å². The Kier molecular flexibility index (Phi) is 6.48. The molecule has 0 aliphatic carbocycles. The number of hydrogen-bond acceptors (Lipinski definition) is 5. The summed E-state index contributed by atoms with van der Waals surface area (Å²) in [6.45, 7) is 1.84. The average Bonchev–Trinajstić information content (AvgIpc) is 2.32. The quantitative estimate of drug-likeness (QED) is 0.427. The number of ether oxygens (including phenoxy) is 1. The third-order valence-corrected chi connectivity index (χ3v) is 3.57. The molecule has 19 heavy (non-hydrogen) atoms. The van der Waals surface area contributed by atoms with Gasteiger partial charge >= 0.3 is 5.97 Å². The SMILES string of the molecule is CCOC(=O)/C(C#N)=N\Nc1c(Br)cc(Br)cc1Br. The van der Waals surface area contributed by atoms with Crippen LogP contribution in [0.5, 0.6) is 0 Å². The van der Waals surface area contributed by atoms with Crippen LogP contribution in [0.2, 0.25) is 0 Å². The molecule has 1 aromatic carbocycles. The van der Waals surface area contributed by atoms with Crippen LogP contribution >= 0.6 is 47.8 Å². The van der Waals surface area contributed by atoms with E-state index in [2.05, 4.69) is 58.3 Å². The molecular formula is C11H8Br3N3O2. The molecule has 0 bridgehead atoms. The highest BCUT2D eigenvalue weighted by Crippen LogP contribution is 2.34. The van der Waals surface area contributed by atoms with Gasteiger partial charge in [-0.05, 0) is 50.9 Å². The van der Waals surface area contributed by atoms with Gasteiger partial charge in [0.25, 0.3) is 0 Å². The van der Waals surface area contributed by atoms with Crippen LogP contribution in [0.15, 0.2) is 30.7 Å². The molecule has 8 heteroatoms. The molecule has 0 saturated heterocycles. The van der Waals surface area contributed by atoms with Crippen molar-refractivity contribution in [1.29, 1.82) is 5.26 Å². The monoisotopic (exact) mass is 451 g/mol. The highest BCUT2D eigenvalue weighted by molar-refractivity contribution is 9.11. The fourth-order valence-corrected chi connectivity index (χ4v) is 3.51. The lowest BCUT2D eigenvalue weighted by atomic mass is 10.3. The normalized spacial score (nSPS) is 10.8. The molecule has 0 radical (unpaired) electrons. The molecule has 0 fully saturated rings. The Labute approximate surface area is 135 Å². The summed E-state index contributed by atoms with van der Waals surface area (Å²) in [5, 5.41) is 12.6. The predicted octanol–water partition coefficient (Wildman–Crippen LogP) is 3.83. The van der Waals surface area contributed by atoms with E-state index in [1.807, 2.05) is 0 Å². The van der Waals surface area contributed by atoms with Crippen molar-refractivity contribution in [2.75, 3.05) is 12.0 Å². The van der Waals surface area contributed by atoms with Gasteiger partial charge in [-0.25, -0.2) is 4.79 Å². The largest absolute Gasteiger partial charge is 0.461 e. The molecule has 0 aromatic heterocycles. The van der Waals surface area contributed by atoms with Crippen molar-refractivity contribution in [2.45, 2.75) is 6.92 Å². The van der Waals surface area contributed by atoms with Gasteiger partial charge in [0, 0.05) is 13.4 Å². The molecule has 0 spiro atoms. The van der Waals surface area contributed by atoms with Gasteiger partial charge in [-0.15, -0.1) is 0 Å². The second-order valence-corrected chi connectivity index (χ2v) is 5.77. The van der Waals surface area contributed by atoms with E-state index in [-0.39, 0.29) is 12.3 Å². The number of halogens is 3. The summed E-state index contributed by atoms with van der Waals surface area (Å²) in [7, 11) is 0. The van der Waals surface area contributed by atoms with Gasteiger partial charge in [0.1, 0.15) is 6.07 Å². The molecule has 1 N–H and O–H groups in total. The summed E-state index contributed by atoms with van der Waals surface area (Å²) >= 11 is 10.0. The van der Waals surface area contributed by atoms with Crippen molar-refractivity contribution < 1.29 is 9.53 Å². The maximum absolute atomic E-state index is 11.4. The minimum Gasteiger partial charge on any atom is -0.461 e. The van der Waals surface area contributed by atoms with Crippen LogP contribution in [0.1, 0.15) is 6.92 Å². The number of nitriles is 1. The first-order valence-electron chi connectivity index (χ1n) is 5.05. The zero-order chi connectivity index (χ0) is 14.4. The Hall–Kier alpha value is -0.910. The molecule has 0 amide bonds. The number of esters is 1. The number of rotatable bonds is 4. The Balaban J connectivity index is 2.97. The van der Waals surface area contributed by atoms with Crippen molar-refractivity contribution in [3.8, 4) is 6.07 Å². The Bertz CT molecular complexity index is 544. The van der Waals surface area contributed by atoms with Crippen LogP contribution in [0, 0.1) is 11.3 Å². The van der Waals surface area contributed by atoms with Crippen LogP contribution in [0.3, 0.4) is 0 Å². The van der Waals surface area contributed by atoms with E-state index >= 15 is 0 Å². The number of nitrogens with one attached hydrogen (secondary N) is 1. The molecule has 100 valence electrons. The lowest BCUT2D eigenvalue weighted by Gasteiger charge is -2.07. The summed E-state index contributed by atoms with van der Waals surface area (Å²) in [6, 6.07) is 5.29. The molecule has 1 rings (SSSR count).